The zero-order chi connectivity index (χ0) is 19.0. The maximum Gasteiger partial charge on any atom is 0.410 e. The third kappa shape index (κ3) is 3.86. The van der Waals surface area contributed by atoms with Crippen LogP contribution in [0.4, 0.5) is 4.79 Å². The summed E-state index contributed by atoms with van der Waals surface area (Å²) in [6, 6.07) is 17.3. The first-order chi connectivity index (χ1) is 12.9. The van der Waals surface area contributed by atoms with Gasteiger partial charge in [0, 0.05) is 26.2 Å². The van der Waals surface area contributed by atoms with Crippen molar-refractivity contribution in [3.63, 3.8) is 0 Å². The summed E-state index contributed by atoms with van der Waals surface area (Å²) in [4.78, 5) is 17.1. The zero-order valence-corrected chi connectivity index (χ0v) is 16.4. The van der Waals surface area contributed by atoms with Crippen LogP contribution in [0.1, 0.15) is 49.1 Å². The fraction of sp³-hybridized carbons (Fsp3) is 0.435. The van der Waals surface area contributed by atoms with Gasteiger partial charge in [0.05, 0.1) is 6.04 Å². The third-order valence-corrected chi connectivity index (χ3v) is 5.36. The van der Waals surface area contributed by atoms with Gasteiger partial charge in [-0.15, -0.1) is 0 Å². The lowest BCUT2D eigenvalue weighted by molar-refractivity contribution is 0.0116. The molecule has 1 atom stereocenters. The van der Waals surface area contributed by atoms with Crippen LogP contribution in [0.2, 0.25) is 0 Å². The first kappa shape index (κ1) is 18.1. The minimum Gasteiger partial charge on any atom is -0.444 e. The summed E-state index contributed by atoms with van der Waals surface area (Å²) >= 11 is 0. The molecule has 2 heterocycles. The molecular weight excluding hydrogens is 336 g/mol. The number of benzene rings is 2. The van der Waals surface area contributed by atoms with Crippen LogP contribution in [0.25, 0.3) is 0 Å². The third-order valence-electron chi connectivity index (χ3n) is 5.36. The molecule has 2 aromatic carbocycles. The predicted octanol–water partition coefficient (Wildman–Crippen LogP) is 4.54. The molecule has 0 spiro atoms. The second-order valence-corrected chi connectivity index (χ2v) is 8.57. The Morgan fingerprint density at radius 3 is 2.56 bits per heavy atom. The normalized spacial score (nSPS) is 19.5. The van der Waals surface area contributed by atoms with Crippen molar-refractivity contribution in [3.05, 3.63) is 70.8 Å². The highest BCUT2D eigenvalue weighted by Gasteiger charge is 2.37. The van der Waals surface area contributed by atoms with Crippen LogP contribution >= 0.6 is 0 Å². The lowest BCUT2D eigenvalue weighted by Crippen LogP contribution is -2.48. The molecule has 0 saturated carbocycles. The van der Waals surface area contributed by atoms with Crippen molar-refractivity contribution >= 4 is 6.09 Å². The van der Waals surface area contributed by atoms with Crippen molar-refractivity contribution in [1.82, 2.24) is 9.80 Å². The van der Waals surface area contributed by atoms with E-state index in [0.717, 1.165) is 19.5 Å². The van der Waals surface area contributed by atoms with Crippen LogP contribution in [-0.4, -0.2) is 34.6 Å². The first-order valence-electron chi connectivity index (χ1n) is 9.77. The van der Waals surface area contributed by atoms with Gasteiger partial charge in [-0.25, -0.2) is 4.79 Å². The summed E-state index contributed by atoms with van der Waals surface area (Å²) in [6.45, 7) is 8.99. The van der Waals surface area contributed by atoms with E-state index in [1.165, 1.54) is 22.3 Å². The fourth-order valence-electron chi connectivity index (χ4n) is 4.21. The molecule has 0 N–H and O–H groups in total. The number of nitrogens with zero attached hydrogens (tertiary/aromatic N) is 2. The minimum atomic E-state index is -0.477. The highest BCUT2D eigenvalue weighted by molar-refractivity contribution is 5.69. The summed E-state index contributed by atoms with van der Waals surface area (Å²) in [5, 5.41) is 0. The van der Waals surface area contributed by atoms with Gasteiger partial charge in [-0.05, 0) is 49.4 Å². The SMILES string of the molecule is CC(C)(C)OC(=O)N1Cc2cccc3c2C(C1)N(Cc1ccccc1)CC3. The molecule has 142 valence electrons. The van der Waals surface area contributed by atoms with Gasteiger partial charge >= 0.3 is 6.09 Å². The number of carbonyl (C=O) groups excluding carboxylic acids is 1. The Morgan fingerprint density at radius 1 is 1.07 bits per heavy atom. The van der Waals surface area contributed by atoms with Gasteiger partial charge in [0.25, 0.3) is 0 Å². The molecule has 2 aliphatic rings. The van der Waals surface area contributed by atoms with E-state index in [1.54, 1.807) is 0 Å². The van der Waals surface area contributed by atoms with Crippen LogP contribution in [0.5, 0.6) is 0 Å². The lowest BCUT2D eigenvalue weighted by Gasteiger charge is -2.44. The summed E-state index contributed by atoms with van der Waals surface area (Å²) < 4.78 is 5.66. The zero-order valence-electron chi connectivity index (χ0n) is 16.4. The van der Waals surface area contributed by atoms with Crippen LogP contribution < -0.4 is 0 Å². The van der Waals surface area contributed by atoms with Gasteiger partial charge in [-0.3, -0.25) is 4.90 Å². The van der Waals surface area contributed by atoms with E-state index in [0.29, 0.717) is 13.1 Å². The Bertz CT molecular complexity index is 826. The molecule has 0 fully saturated rings. The molecule has 2 aromatic rings. The van der Waals surface area contributed by atoms with E-state index in [4.69, 9.17) is 4.74 Å². The summed E-state index contributed by atoms with van der Waals surface area (Å²) in [5.41, 5.74) is 4.96. The van der Waals surface area contributed by atoms with Gasteiger partial charge in [-0.1, -0.05) is 48.5 Å². The molecule has 0 saturated heterocycles. The Balaban J connectivity index is 1.62. The van der Waals surface area contributed by atoms with Crippen molar-refractivity contribution < 1.29 is 9.53 Å². The number of amides is 1. The highest BCUT2D eigenvalue weighted by atomic mass is 16.6. The summed E-state index contributed by atoms with van der Waals surface area (Å²) in [5.74, 6) is 0. The van der Waals surface area contributed by atoms with E-state index in [1.807, 2.05) is 25.7 Å². The van der Waals surface area contributed by atoms with Crippen LogP contribution in [0.3, 0.4) is 0 Å². The monoisotopic (exact) mass is 364 g/mol. The topological polar surface area (TPSA) is 32.8 Å². The standard InChI is InChI=1S/C23H28N2O2/c1-23(2,3)27-22(26)25-15-19-11-7-10-18-12-13-24(20(16-25)21(18)19)14-17-8-5-4-6-9-17/h4-11,20H,12-16H2,1-3H3. The van der Waals surface area contributed by atoms with E-state index in [-0.39, 0.29) is 12.1 Å². The number of rotatable bonds is 2. The number of carbonyl (C=O) groups is 1. The number of ether oxygens (including phenoxy) is 1. The van der Waals surface area contributed by atoms with Gasteiger partial charge in [0.2, 0.25) is 0 Å². The average molecular weight is 364 g/mol. The second kappa shape index (κ2) is 7.01. The van der Waals surface area contributed by atoms with Crippen molar-refractivity contribution in [2.45, 2.75) is 51.9 Å². The molecule has 0 aliphatic carbocycles. The average Bonchev–Trinajstić information content (AvgIpc) is 2.63. The molecule has 4 heteroatoms. The summed E-state index contributed by atoms with van der Waals surface area (Å²) in [7, 11) is 0. The Labute approximate surface area is 161 Å². The van der Waals surface area contributed by atoms with Crippen molar-refractivity contribution in [1.29, 1.82) is 0 Å². The minimum absolute atomic E-state index is 0.219. The maximum atomic E-state index is 12.7. The van der Waals surface area contributed by atoms with E-state index in [9.17, 15) is 4.79 Å². The van der Waals surface area contributed by atoms with Crippen LogP contribution in [-0.2, 0) is 24.2 Å². The molecular formula is C23H28N2O2. The van der Waals surface area contributed by atoms with E-state index >= 15 is 0 Å². The number of hydrogen-bond acceptors (Lipinski definition) is 3. The Hall–Kier alpha value is -2.33. The predicted molar refractivity (Wildman–Crippen MR) is 106 cm³/mol. The van der Waals surface area contributed by atoms with Gasteiger partial charge in [0.15, 0.2) is 0 Å². The lowest BCUT2D eigenvalue weighted by atomic mass is 9.85. The Morgan fingerprint density at radius 2 is 1.81 bits per heavy atom. The molecule has 4 nitrogen and oxygen atoms in total. The fourth-order valence-corrected chi connectivity index (χ4v) is 4.21. The maximum absolute atomic E-state index is 12.7. The number of hydrogen-bond donors (Lipinski definition) is 0. The molecule has 0 aromatic heterocycles. The van der Waals surface area contributed by atoms with E-state index < -0.39 is 5.60 Å². The van der Waals surface area contributed by atoms with Gasteiger partial charge in [0.1, 0.15) is 5.60 Å². The van der Waals surface area contributed by atoms with E-state index in [2.05, 4.69) is 53.4 Å². The summed E-state index contributed by atoms with van der Waals surface area (Å²) in [6.07, 6.45) is 0.850. The quantitative estimate of drug-likeness (QED) is 0.784. The molecule has 4 rings (SSSR count). The van der Waals surface area contributed by atoms with Crippen LogP contribution in [0.15, 0.2) is 48.5 Å². The molecule has 27 heavy (non-hydrogen) atoms. The highest BCUT2D eigenvalue weighted by Crippen LogP contribution is 2.38. The van der Waals surface area contributed by atoms with Crippen LogP contribution in [0, 0.1) is 0 Å². The molecule has 1 unspecified atom stereocenters. The van der Waals surface area contributed by atoms with Crippen molar-refractivity contribution in [2.24, 2.45) is 0 Å². The van der Waals surface area contributed by atoms with Gasteiger partial charge < -0.3 is 9.64 Å². The molecule has 0 radical (unpaired) electrons. The smallest absolute Gasteiger partial charge is 0.410 e. The molecule has 2 aliphatic heterocycles. The second-order valence-electron chi connectivity index (χ2n) is 8.57. The van der Waals surface area contributed by atoms with Crippen molar-refractivity contribution in [2.75, 3.05) is 13.1 Å². The largest absolute Gasteiger partial charge is 0.444 e. The molecule has 0 bridgehead atoms. The van der Waals surface area contributed by atoms with Gasteiger partial charge in [-0.2, -0.15) is 0 Å². The molecule has 1 amide bonds. The Kier molecular flexibility index (Phi) is 4.68. The van der Waals surface area contributed by atoms with Crippen molar-refractivity contribution in [3.8, 4) is 0 Å². The first-order valence-corrected chi connectivity index (χ1v) is 9.77.